The molecule has 0 aliphatic carbocycles. The highest BCUT2D eigenvalue weighted by Crippen LogP contribution is 2.34. The van der Waals surface area contributed by atoms with Gasteiger partial charge in [-0.3, -0.25) is 14.3 Å². The number of amides is 1. The van der Waals surface area contributed by atoms with Crippen LogP contribution in [-0.4, -0.2) is 46.8 Å². The molecule has 3 rings (SSSR count). The fourth-order valence-electron chi connectivity index (χ4n) is 3.44. The molecule has 1 aromatic carbocycles. The van der Waals surface area contributed by atoms with Gasteiger partial charge >= 0.3 is 5.97 Å². The SMILES string of the molecule is COC(=O)[C@H]1CN(C(=O)CCn2nccc2C)C[C@@H]1c1ccc(F)cc1. The first-order valence-corrected chi connectivity index (χ1v) is 8.59. The maximum absolute atomic E-state index is 13.2. The van der Waals surface area contributed by atoms with Gasteiger partial charge in [0.1, 0.15) is 5.82 Å². The Hall–Kier alpha value is -2.70. The van der Waals surface area contributed by atoms with Crippen molar-refractivity contribution in [2.75, 3.05) is 20.2 Å². The predicted octanol–water partition coefficient (Wildman–Crippen LogP) is 2.14. The van der Waals surface area contributed by atoms with Crippen LogP contribution in [0.15, 0.2) is 36.5 Å². The minimum Gasteiger partial charge on any atom is -0.469 e. The van der Waals surface area contributed by atoms with Gasteiger partial charge in [0, 0.05) is 43.9 Å². The van der Waals surface area contributed by atoms with Crippen molar-refractivity contribution in [2.45, 2.75) is 25.8 Å². The van der Waals surface area contributed by atoms with Crippen molar-refractivity contribution in [3.8, 4) is 0 Å². The summed E-state index contributed by atoms with van der Waals surface area (Å²) in [5, 5.41) is 4.18. The van der Waals surface area contributed by atoms with Crippen LogP contribution in [0.4, 0.5) is 4.39 Å². The Morgan fingerprint density at radius 3 is 2.58 bits per heavy atom. The molecule has 0 radical (unpaired) electrons. The van der Waals surface area contributed by atoms with E-state index in [-0.39, 0.29) is 23.6 Å². The number of carbonyl (C=O) groups is 2. The number of benzene rings is 1. The molecule has 138 valence electrons. The van der Waals surface area contributed by atoms with Gasteiger partial charge in [0.15, 0.2) is 0 Å². The second-order valence-corrected chi connectivity index (χ2v) is 6.53. The molecular weight excluding hydrogens is 337 g/mol. The number of hydrogen-bond acceptors (Lipinski definition) is 4. The summed E-state index contributed by atoms with van der Waals surface area (Å²) < 4.78 is 19.9. The molecule has 1 amide bonds. The molecule has 7 heteroatoms. The minimum atomic E-state index is -0.444. The molecule has 1 saturated heterocycles. The Labute approximate surface area is 151 Å². The number of likely N-dealkylation sites (tertiary alicyclic amines) is 1. The number of aryl methyl sites for hydroxylation is 2. The Bertz CT molecular complexity index is 788. The molecule has 1 fully saturated rings. The quantitative estimate of drug-likeness (QED) is 0.768. The largest absolute Gasteiger partial charge is 0.469 e. The summed E-state index contributed by atoms with van der Waals surface area (Å²) in [7, 11) is 1.34. The van der Waals surface area contributed by atoms with Crippen LogP contribution in [0.2, 0.25) is 0 Å². The Morgan fingerprint density at radius 2 is 1.96 bits per heavy atom. The van der Waals surface area contributed by atoms with Gasteiger partial charge in [-0.15, -0.1) is 0 Å². The van der Waals surface area contributed by atoms with Crippen molar-refractivity contribution in [2.24, 2.45) is 5.92 Å². The van der Waals surface area contributed by atoms with E-state index in [4.69, 9.17) is 4.74 Å². The zero-order chi connectivity index (χ0) is 18.7. The highest BCUT2D eigenvalue weighted by Gasteiger charge is 2.40. The first-order valence-electron chi connectivity index (χ1n) is 8.59. The van der Waals surface area contributed by atoms with Gasteiger partial charge in [0.05, 0.1) is 13.0 Å². The third-order valence-corrected chi connectivity index (χ3v) is 4.94. The number of aromatic nitrogens is 2. The lowest BCUT2D eigenvalue weighted by Gasteiger charge is -2.17. The molecule has 0 spiro atoms. The van der Waals surface area contributed by atoms with Crippen LogP contribution >= 0.6 is 0 Å². The third-order valence-electron chi connectivity index (χ3n) is 4.94. The molecule has 6 nitrogen and oxygen atoms in total. The van der Waals surface area contributed by atoms with E-state index < -0.39 is 5.92 Å². The summed E-state index contributed by atoms with van der Waals surface area (Å²) in [6, 6.07) is 7.95. The standard InChI is InChI=1S/C19H22FN3O3/c1-13-7-9-21-23(13)10-8-18(24)22-11-16(17(12-22)19(25)26-2)14-3-5-15(20)6-4-14/h3-7,9,16-17H,8,10-12H2,1-2H3/t16-,17+/m1/s1. The molecule has 0 saturated carbocycles. The zero-order valence-electron chi connectivity index (χ0n) is 14.9. The van der Waals surface area contributed by atoms with Crippen molar-refractivity contribution in [3.05, 3.63) is 53.6 Å². The van der Waals surface area contributed by atoms with E-state index >= 15 is 0 Å². The van der Waals surface area contributed by atoms with Crippen LogP contribution in [0.3, 0.4) is 0 Å². The smallest absolute Gasteiger partial charge is 0.311 e. The Kier molecular flexibility index (Phi) is 5.35. The second-order valence-electron chi connectivity index (χ2n) is 6.53. The monoisotopic (exact) mass is 359 g/mol. The van der Waals surface area contributed by atoms with Crippen molar-refractivity contribution in [3.63, 3.8) is 0 Å². The van der Waals surface area contributed by atoms with Gasteiger partial charge in [-0.25, -0.2) is 4.39 Å². The van der Waals surface area contributed by atoms with Crippen molar-refractivity contribution in [1.82, 2.24) is 14.7 Å². The van der Waals surface area contributed by atoms with E-state index in [0.717, 1.165) is 11.3 Å². The summed E-state index contributed by atoms with van der Waals surface area (Å²) >= 11 is 0. The lowest BCUT2D eigenvalue weighted by molar-refractivity contribution is -0.145. The fourth-order valence-corrected chi connectivity index (χ4v) is 3.44. The van der Waals surface area contributed by atoms with Gasteiger partial charge < -0.3 is 9.64 Å². The number of methoxy groups -OCH3 is 1. The van der Waals surface area contributed by atoms with Crippen LogP contribution in [0.1, 0.15) is 23.6 Å². The molecule has 0 bridgehead atoms. The molecule has 26 heavy (non-hydrogen) atoms. The summed E-state index contributed by atoms with van der Waals surface area (Å²) in [5.74, 6) is -1.35. The second kappa shape index (κ2) is 7.68. The maximum Gasteiger partial charge on any atom is 0.311 e. The lowest BCUT2D eigenvalue weighted by atomic mass is 9.89. The minimum absolute atomic E-state index is 0.0292. The Morgan fingerprint density at radius 1 is 1.23 bits per heavy atom. The number of rotatable bonds is 5. The fraction of sp³-hybridized carbons (Fsp3) is 0.421. The van der Waals surface area contributed by atoms with E-state index in [9.17, 15) is 14.0 Å². The van der Waals surface area contributed by atoms with Crippen LogP contribution in [0.5, 0.6) is 0 Å². The number of halogens is 1. The van der Waals surface area contributed by atoms with Crippen LogP contribution < -0.4 is 0 Å². The molecule has 1 aliphatic rings. The predicted molar refractivity (Wildman–Crippen MR) is 92.8 cm³/mol. The van der Waals surface area contributed by atoms with E-state index in [1.807, 2.05) is 13.0 Å². The third kappa shape index (κ3) is 3.76. The van der Waals surface area contributed by atoms with Crippen molar-refractivity contribution in [1.29, 1.82) is 0 Å². The van der Waals surface area contributed by atoms with Gasteiger partial charge in [-0.05, 0) is 30.7 Å². The van der Waals surface area contributed by atoms with E-state index in [1.54, 1.807) is 27.9 Å². The number of ether oxygens (including phenoxy) is 1. The molecule has 0 unspecified atom stereocenters. The zero-order valence-corrected chi connectivity index (χ0v) is 14.9. The lowest BCUT2D eigenvalue weighted by Crippen LogP contribution is -2.31. The molecule has 1 aromatic heterocycles. The first-order chi connectivity index (χ1) is 12.5. The molecule has 1 aliphatic heterocycles. The number of carbonyl (C=O) groups excluding carboxylic acids is 2. The van der Waals surface area contributed by atoms with Gasteiger partial charge in [-0.2, -0.15) is 5.10 Å². The topological polar surface area (TPSA) is 64.4 Å². The van der Waals surface area contributed by atoms with E-state index in [1.165, 1.54) is 19.2 Å². The van der Waals surface area contributed by atoms with Gasteiger partial charge in [0.25, 0.3) is 0 Å². The van der Waals surface area contributed by atoms with Crippen LogP contribution in [0.25, 0.3) is 0 Å². The maximum atomic E-state index is 13.2. The normalized spacial score (nSPS) is 19.6. The van der Waals surface area contributed by atoms with Crippen LogP contribution in [0, 0.1) is 18.7 Å². The molecule has 0 N–H and O–H groups in total. The highest BCUT2D eigenvalue weighted by atomic mass is 19.1. The van der Waals surface area contributed by atoms with E-state index in [2.05, 4.69) is 5.10 Å². The van der Waals surface area contributed by atoms with Crippen LogP contribution in [-0.2, 0) is 20.9 Å². The van der Waals surface area contributed by atoms with Gasteiger partial charge in [0.2, 0.25) is 5.91 Å². The molecule has 2 atom stereocenters. The van der Waals surface area contributed by atoms with Gasteiger partial charge in [-0.1, -0.05) is 12.1 Å². The Balaban J connectivity index is 1.71. The number of esters is 1. The molecule has 2 aromatic rings. The van der Waals surface area contributed by atoms with E-state index in [0.29, 0.717) is 26.1 Å². The first kappa shape index (κ1) is 18.1. The van der Waals surface area contributed by atoms with Crippen molar-refractivity contribution >= 4 is 11.9 Å². The molecule has 2 heterocycles. The highest BCUT2D eigenvalue weighted by molar-refractivity contribution is 5.80. The summed E-state index contributed by atoms with van der Waals surface area (Å²) in [4.78, 5) is 26.5. The number of nitrogens with zero attached hydrogens (tertiary/aromatic N) is 3. The summed E-state index contributed by atoms with van der Waals surface area (Å²) in [6.07, 6.45) is 2.01. The average molecular weight is 359 g/mol. The summed E-state index contributed by atoms with van der Waals surface area (Å²) in [5.41, 5.74) is 1.83. The number of hydrogen-bond donors (Lipinski definition) is 0. The van der Waals surface area contributed by atoms with Crippen molar-refractivity contribution < 1.29 is 18.7 Å². The average Bonchev–Trinajstić information content (AvgIpc) is 3.26. The molecular formula is C19H22FN3O3. The summed E-state index contributed by atoms with van der Waals surface area (Å²) in [6.45, 7) is 3.16.